The van der Waals surface area contributed by atoms with Crippen LogP contribution in [0.2, 0.25) is 0 Å². The summed E-state index contributed by atoms with van der Waals surface area (Å²) in [4.78, 5) is 24.2. The Kier molecular flexibility index (Phi) is 5.83. The molecular weight excluding hydrogens is 406 g/mol. The number of nitrogens with one attached hydrogen (secondary N) is 1. The summed E-state index contributed by atoms with van der Waals surface area (Å²) < 4.78 is 1.54. The molecule has 0 radical (unpaired) electrons. The largest absolute Gasteiger partial charge is 0.548 e. The van der Waals surface area contributed by atoms with E-state index in [1.54, 1.807) is 79.0 Å². The maximum absolute atomic E-state index is 13.1. The Labute approximate surface area is 184 Å². The van der Waals surface area contributed by atoms with Crippen LogP contribution < -0.4 is 10.5 Å². The highest BCUT2D eigenvalue weighted by atomic mass is 16.4. The molecule has 0 aliphatic heterocycles. The molecule has 0 saturated heterocycles. The average Bonchev–Trinajstić information content (AvgIpc) is 3.16. The fraction of sp³-hybridized carbons (Fsp3) is 0.0800. The quantitative estimate of drug-likeness (QED) is 0.347. The number of aromatic nitrogens is 1. The number of carboxylic acids is 1. The van der Waals surface area contributed by atoms with Crippen LogP contribution in [0, 0.1) is 0 Å². The first kappa shape index (κ1) is 21.0. The highest BCUT2D eigenvalue weighted by molar-refractivity contribution is 6.00. The summed E-state index contributed by atoms with van der Waals surface area (Å²) in [5.74, 6) is -1.93. The molecule has 0 aliphatic rings. The molecule has 0 atom stereocenters. The van der Waals surface area contributed by atoms with E-state index in [1.807, 2.05) is 12.1 Å². The molecule has 1 aromatic heterocycles. The highest BCUT2D eigenvalue weighted by Crippen LogP contribution is 2.30. The molecule has 0 unspecified atom stereocenters. The lowest BCUT2D eigenvalue weighted by molar-refractivity contribution is -0.306. The lowest BCUT2D eigenvalue weighted by Crippen LogP contribution is -2.43. The van der Waals surface area contributed by atoms with Gasteiger partial charge in [-0.2, -0.15) is 5.10 Å². The summed E-state index contributed by atoms with van der Waals surface area (Å²) in [7, 11) is 0. The zero-order valence-electron chi connectivity index (χ0n) is 17.0. The molecule has 0 fully saturated rings. The van der Waals surface area contributed by atoms with Crippen molar-refractivity contribution in [1.29, 1.82) is 0 Å². The second kappa shape index (κ2) is 8.87. The van der Waals surface area contributed by atoms with Crippen LogP contribution in [-0.2, 0) is 21.7 Å². The Morgan fingerprint density at radius 2 is 1.50 bits per heavy atom. The zero-order chi connectivity index (χ0) is 22.6. The van der Waals surface area contributed by atoms with E-state index in [0.717, 1.165) is 5.39 Å². The predicted molar refractivity (Wildman–Crippen MR) is 119 cm³/mol. The third-order valence-corrected chi connectivity index (χ3v) is 5.20. The molecule has 0 saturated carbocycles. The fourth-order valence-corrected chi connectivity index (χ4v) is 3.68. The van der Waals surface area contributed by atoms with Crippen molar-refractivity contribution in [3.8, 4) is 0 Å². The van der Waals surface area contributed by atoms with Gasteiger partial charge in [-0.3, -0.25) is 4.79 Å². The maximum atomic E-state index is 13.1. The van der Waals surface area contributed by atoms with Crippen molar-refractivity contribution in [2.75, 3.05) is 0 Å². The number of carboxylic acid groups (broad SMARTS) is 1. The van der Waals surface area contributed by atoms with E-state index < -0.39 is 17.5 Å². The van der Waals surface area contributed by atoms with Crippen molar-refractivity contribution in [2.45, 2.75) is 12.1 Å². The Morgan fingerprint density at radius 3 is 2.09 bits per heavy atom. The van der Waals surface area contributed by atoms with Crippen LogP contribution in [0.3, 0.4) is 0 Å². The van der Waals surface area contributed by atoms with Gasteiger partial charge in [-0.05, 0) is 17.2 Å². The molecular formula is C25H20N3O4-. The van der Waals surface area contributed by atoms with Gasteiger partial charge in [-0.15, -0.1) is 0 Å². The van der Waals surface area contributed by atoms with E-state index in [2.05, 4.69) is 10.5 Å². The van der Waals surface area contributed by atoms with Crippen LogP contribution in [0.5, 0.6) is 0 Å². The number of carbonyl (C=O) groups is 2. The first-order valence-electron chi connectivity index (χ1n) is 9.95. The third kappa shape index (κ3) is 4.01. The second-order valence-electron chi connectivity index (χ2n) is 7.24. The number of benzene rings is 3. The SMILES string of the molecule is O=C([O-])Cn1cc(/C=N/NC(=O)C(O)(c2ccccc2)c2ccccc2)c2ccccc21. The van der Waals surface area contributed by atoms with Gasteiger partial charge >= 0.3 is 0 Å². The molecule has 160 valence electrons. The van der Waals surface area contributed by atoms with Gasteiger partial charge in [0.2, 0.25) is 0 Å². The van der Waals surface area contributed by atoms with Crippen LogP contribution >= 0.6 is 0 Å². The number of aliphatic carboxylic acids is 1. The normalized spacial score (nSPS) is 11.7. The van der Waals surface area contributed by atoms with Crippen LogP contribution in [0.25, 0.3) is 10.9 Å². The average molecular weight is 426 g/mol. The number of para-hydroxylation sites is 1. The molecule has 4 aromatic rings. The summed E-state index contributed by atoms with van der Waals surface area (Å²) in [6, 6.07) is 24.5. The number of amides is 1. The van der Waals surface area contributed by atoms with Gasteiger partial charge in [-0.1, -0.05) is 78.9 Å². The van der Waals surface area contributed by atoms with Crippen molar-refractivity contribution in [2.24, 2.45) is 5.10 Å². The van der Waals surface area contributed by atoms with Gasteiger partial charge in [0.15, 0.2) is 5.60 Å². The monoisotopic (exact) mass is 426 g/mol. The Bertz CT molecular complexity index is 1240. The molecule has 4 rings (SSSR count). The number of hydrogen-bond donors (Lipinski definition) is 2. The molecule has 7 heteroatoms. The number of aliphatic hydroxyl groups is 1. The van der Waals surface area contributed by atoms with Crippen LogP contribution in [0.15, 0.2) is 96.2 Å². The minimum atomic E-state index is -1.94. The topological polar surface area (TPSA) is 107 Å². The van der Waals surface area contributed by atoms with Gasteiger partial charge < -0.3 is 19.6 Å². The smallest absolute Gasteiger partial charge is 0.281 e. The standard InChI is InChI=1S/C25H21N3O4/c29-23(30)17-28-16-18(21-13-7-8-14-22(21)28)15-26-27-24(31)25(32,19-9-3-1-4-10-19)20-11-5-2-6-12-20/h1-16,32H,17H2,(H,27,31)(H,29,30)/p-1/b26-15+. The van der Waals surface area contributed by atoms with Crippen molar-refractivity contribution >= 4 is 29.0 Å². The number of carbonyl (C=O) groups excluding carboxylic acids is 2. The van der Waals surface area contributed by atoms with E-state index in [4.69, 9.17) is 0 Å². The second-order valence-corrected chi connectivity index (χ2v) is 7.24. The highest BCUT2D eigenvalue weighted by Gasteiger charge is 2.39. The van der Waals surface area contributed by atoms with Crippen LogP contribution in [-0.4, -0.2) is 27.8 Å². The summed E-state index contributed by atoms with van der Waals surface area (Å²) in [6.45, 7) is -0.303. The van der Waals surface area contributed by atoms with E-state index in [0.29, 0.717) is 22.2 Å². The van der Waals surface area contributed by atoms with Crippen molar-refractivity contribution in [3.63, 3.8) is 0 Å². The lowest BCUT2D eigenvalue weighted by atomic mass is 9.85. The number of hydrogen-bond acceptors (Lipinski definition) is 5. The van der Waals surface area contributed by atoms with Crippen molar-refractivity contribution in [1.82, 2.24) is 9.99 Å². The summed E-state index contributed by atoms with van der Waals surface area (Å²) >= 11 is 0. The van der Waals surface area contributed by atoms with E-state index in [9.17, 15) is 19.8 Å². The van der Waals surface area contributed by atoms with Gasteiger partial charge in [0.05, 0.1) is 18.7 Å². The summed E-state index contributed by atoms with van der Waals surface area (Å²) in [5.41, 5.74) is 2.62. The minimum absolute atomic E-state index is 0.303. The molecule has 0 spiro atoms. The Hall–Kier alpha value is -4.23. The predicted octanol–water partition coefficient (Wildman–Crippen LogP) is 1.78. The molecule has 0 aliphatic carbocycles. The fourth-order valence-electron chi connectivity index (χ4n) is 3.68. The molecule has 3 aromatic carbocycles. The maximum Gasteiger partial charge on any atom is 0.281 e. The van der Waals surface area contributed by atoms with Gasteiger partial charge in [0.1, 0.15) is 0 Å². The van der Waals surface area contributed by atoms with Gasteiger partial charge in [0.25, 0.3) is 5.91 Å². The minimum Gasteiger partial charge on any atom is -0.548 e. The number of nitrogens with zero attached hydrogens (tertiary/aromatic N) is 2. The van der Waals surface area contributed by atoms with Gasteiger partial charge in [0, 0.05) is 22.7 Å². The summed E-state index contributed by atoms with van der Waals surface area (Å²) in [5, 5.41) is 27.3. The Balaban J connectivity index is 1.64. The van der Waals surface area contributed by atoms with Gasteiger partial charge in [-0.25, -0.2) is 5.43 Å². The van der Waals surface area contributed by atoms with Crippen molar-refractivity contribution in [3.05, 3.63) is 108 Å². The number of fused-ring (bicyclic) bond motifs is 1. The Morgan fingerprint density at radius 1 is 0.938 bits per heavy atom. The number of hydrazone groups is 1. The zero-order valence-corrected chi connectivity index (χ0v) is 17.0. The molecule has 1 amide bonds. The first-order chi connectivity index (χ1) is 15.5. The van der Waals surface area contributed by atoms with Crippen molar-refractivity contribution < 1.29 is 19.8 Å². The molecule has 2 N–H and O–H groups in total. The molecule has 0 bridgehead atoms. The molecule has 7 nitrogen and oxygen atoms in total. The lowest BCUT2D eigenvalue weighted by Gasteiger charge is -2.27. The van der Waals surface area contributed by atoms with E-state index in [-0.39, 0.29) is 6.54 Å². The van der Waals surface area contributed by atoms with Crippen LogP contribution in [0.4, 0.5) is 0 Å². The summed E-state index contributed by atoms with van der Waals surface area (Å²) in [6.07, 6.45) is 3.04. The van der Waals surface area contributed by atoms with E-state index >= 15 is 0 Å². The number of rotatable bonds is 7. The third-order valence-electron chi connectivity index (χ3n) is 5.20. The first-order valence-corrected chi connectivity index (χ1v) is 9.95. The van der Waals surface area contributed by atoms with E-state index in [1.165, 1.54) is 10.8 Å². The molecule has 32 heavy (non-hydrogen) atoms. The van der Waals surface area contributed by atoms with Crippen LogP contribution in [0.1, 0.15) is 16.7 Å². The molecule has 1 heterocycles.